The van der Waals surface area contributed by atoms with Crippen molar-refractivity contribution in [2.24, 2.45) is 10.9 Å². The van der Waals surface area contributed by atoms with Gasteiger partial charge in [0, 0.05) is 46.1 Å². The Morgan fingerprint density at radius 2 is 2.08 bits per heavy atom. The first-order valence-electron chi connectivity index (χ1n) is 8.04. The Hall–Kier alpha value is -1.57. The maximum Gasteiger partial charge on any atom is 0.193 e. The van der Waals surface area contributed by atoms with Crippen LogP contribution in [0.2, 0.25) is 0 Å². The molecule has 0 bridgehead atoms. The van der Waals surface area contributed by atoms with Gasteiger partial charge in [-0.2, -0.15) is 5.10 Å². The van der Waals surface area contributed by atoms with Crippen molar-refractivity contribution in [3.05, 3.63) is 53.9 Å². The van der Waals surface area contributed by atoms with Gasteiger partial charge in [0.2, 0.25) is 0 Å². The standard InChI is InChI=1S/C18H27N5.HI/c1-15(13-23-11-7-10-21-23)12-20-18(19-3)22(4)14-17-9-6-5-8-16(17)2;/h5-11,15H,12-14H2,1-4H3,(H,19,20);1H. The molecule has 5 nitrogen and oxygen atoms in total. The molecule has 2 aromatic rings. The number of hydrogen-bond acceptors (Lipinski definition) is 2. The third-order valence-corrected chi connectivity index (χ3v) is 3.91. The van der Waals surface area contributed by atoms with Crippen molar-refractivity contribution in [2.45, 2.75) is 26.9 Å². The van der Waals surface area contributed by atoms with Gasteiger partial charge in [-0.1, -0.05) is 31.2 Å². The van der Waals surface area contributed by atoms with Gasteiger partial charge in [0.25, 0.3) is 0 Å². The molecule has 1 atom stereocenters. The molecular formula is C18H28IN5. The molecule has 24 heavy (non-hydrogen) atoms. The number of halogens is 1. The van der Waals surface area contributed by atoms with E-state index in [1.165, 1.54) is 11.1 Å². The zero-order valence-corrected chi connectivity index (χ0v) is 17.3. The average molecular weight is 441 g/mol. The van der Waals surface area contributed by atoms with Crippen LogP contribution in [0.3, 0.4) is 0 Å². The first-order valence-corrected chi connectivity index (χ1v) is 8.04. The molecule has 0 aliphatic rings. The predicted molar refractivity (Wildman–Crippen MR) is 111 cm³/mol. The Morgan fingerprint density at radius 3 is 2.71 bits per heavy atom. The van der Waals surface area contributed by atoms with Crippen molar-refractivity contribution in [2.75, 3.05) is 20.6 Å². The molecular weight excluding hydrogens is 413 g/mol. The Bertz CT molecular complexity index is 624. The van der Waals surface area contributed by atoms with E-state index in [4.69, 9.17) is 0 Å². The Morgan fingerprint density at radius 1 is 1.33 bits per heavy atom. The summed E-state index contributed by atoms with van der Waals surface area (Å²) in [6.45, 7) is 6.97. The monoisotopic (exact) mass is 441 g/mol. The highest BCUT2D eigenvalue weighted by Gasteiger charge is 2.10. The molecule has 6 heteroatoms. The number of benzene rings is 1. The number of guanidine groups is 1. The van der Waals surface area contributed by atoms with Crippen LogP contribution in [0, 0.1) is 12.8 Å². The van der Waals surface area contributed by atoms with Crippen molar-refractivity contribution in [3.8, 4) is 0 Å². The molecule has 1 aromatic heterocycles. The normalized spacial score (nSPS) is 12.4. The molecule has 1 N–H and O–H groups in total. The highest BCUT2D eigenvalue weighted by molar-refractivity contribution is 14.0. The van der Waals surface area contributed by atoms with Crippen LogP contribution < -0.4 is 5.32 Å². The van der Waals surface area contributed by atoms with Gasteiger partial charge in [0.1, 0.15) is 0 Å². The number of aryl methyl sites for hydroxylation is 1. The van der Waals surface area contributed by atoms with Crippen LogP contribution in [0.1, 0.15) is 18.1 Å². The van der Waals surface area contributed by atoms with Gasteiger partial charge in [-0.15, -0.1) is 24.0 Å². The number of nitrogens with one attached hydrogen (secondary N) is 1. The van der Waals surface area contributed by atoms with E-state index in [2.05, 4.69) is 65.5 Å². The van der Waals surface area contributed by atoms with Gasteiger partial charge >= 0.3 is 0 Å². The topological polar surface area (TPSA) is 45.5 Å². The first-order chi connectivity index (χ1) is 11.1. The lowest BCUT2D eigenvalue weighted by molar-refractivity contribution is 0.423. The highest BCUT2D eigenvalue weighted by atomic mass is 127. The first kappa shape index (κ1) is 20.5. The van der Waals surface area contributed by atoms with E-state index in [9.17, 15) is 0 Å². The smallest absolute Gasteiger partial charge is 0.193 e. The van der Waals surface area contributed by atoms with E-state index in [1.807, 2.05) is 30.2 Å². The van der Waals surface area contributed by atoms with E-state index >= 15 is 0 Å². The molecule has 2 rings (SSSR count). The summed E-state index contributed by atoms with van der Waals surface area (Å²) in [6, 6.07) is 10.4. The largest absolute Gasteiger partial charge is 0.356 e. The third kappa shape index (κ3) is 6.14. The van der Waals surface area contributed by atoms with Gasteiger partial charge < -0.3 is 10.2 Å². The van der Waals surface area contributed by atoms with Gasteiger partial charge in [-0.25, -0.2) is 0 Å². The second kappa shape index (κ2) is 10.3. The summed E-state index contributed by atoms with van der Waals surface area (Å²) in [5, 5.41) is 7.71. The zero-order valence-electron chi connectivity index (χ0n) is 14.9. The Kier molecular flexibility index (Phi) is 8.81. The molecule has 0 saturated heterocycles. The van der Waals surface area contributed by atoms with Crippen LogP contribution in [0.25, 0.3) is 0 Å². The fourth-order valence-corrected chi connectivity index (χ4v) is 2.56. The van der Waals surface area contributed by atoms with Gasteiger partial charge in [-0.05, 0) is 30.0 Å². The minimum Gasteiger partial charge on any atom is -0.356 e. The number of nitrogens with zero attached hydrogens (tertiary/aromatic N) is 4. The van der Waals surface area contributed by atoms with Crippen molar-refractivity contribution >= 4 is 29.9 Å². The third-order valence-electron chi connectivity index (χ3n) is 3.91. The Balaban J connectivity index is 0.00000288. The van der Waals surface area contributed by atoms with Crippen molar-refractivity contribution in [1.82, 2.24) is 20.0 Å². The number of aromatic nitrogens is 2. The molecule has 0 aliphatic carbocycles. The van der Waals surface area contributed by atoms with Crippen molar-refractivity contribution in [1.29, 1.82) is 0 Å². The predicted octanol–water partition coefficient (Wildman–Crippen LogP) is 3.15. The van der Waals surface area contributed by atoms with Crippen LogP contribution in [0.15, 0.2) is 47.7 Å². The second-order valence-corrected chi connectivity index (χ2v) is 6.04. The van der Waals surface area contributed by atoms with E-state index < -0.39 is 0 Å². The Labute approximate surface area is 162 Å². The highest BCUT2D eigenvalue weighted by Crippen LogP contribution is 2.09. The number of hydrogen-bond donors (Lipinski definition) is 1. The van der Waals surface area contributed by atoms with E-state index in [-0.39, 0.29) is 24.0 Å². The lowest BCUT2D eigenvalue weighted by Crippen LogP contribution is -2.41. The van der Waals surface area contributed by atoms with Gasteiger partial charge in [0.05, 0.1) is 0 Å². The van der Waals surface area contributed by atoms with Crippen LogP contribution in [-0.4, -0.2) is 41.3 Å². The number of aliphatic imine (C=N–C) groups is 1. The fourth-order valence-electron chi connectivity index (χ4n) is 2.56. The lowest BCUT2D eigenvalue weighted by atomic mass is 10.1. The second-order valence-electron chi connectivity index (χ2n) is 6.04. The quantitative estimate of drug-likeness (QED) is 0.426. The fraction of sp³-hybridized carbons (Fsp3) is 0.444. The summed E-state index contributed by atoms with van der Waals surface area (Å²) in [7, 11) is 3.90. The van der Waals surface area contributed by atoms with Crippen LogP contribution in [-0.2, 0) is 13.1 Å². The molecule has 0 fully saturated rings. The summed E-state index contributed by atoms with van der Waals surface area (Å²) in [6.07, 6.45) is 3.81. The van der Waals surface area contributed by atoms with Crippen molar-refractivity contribution in [3.63, 3.8) is 0 Å². The summed E-state index contributed by atoms with van der Waals surface area (Å²) in [4.78, 5) is 6.55. The summed E-state index contributed by atoms with van der Waals surface area (Å²) < 4.78 is 1.96. The molecule has 0 amide bonds. The van der Waals surface area contributed by atoms with E-state index in [0.29, 0.717) is 5.92 Å². The lowest BCUT2D eigenvalue weighted by Gasteiger charge is -2.24. The zero-order chi connectivity index (χ0) is 16.7. The van der Waals surface area contributed by atoms with Gasteiger partial charge in [0.15, 0.2) is 5.96 Å². The molecule has 132 valence electrons. The molecule has 0 saturated carbocycles. The minimum absolute atomic E-state index is 0. The average Bonchev–Trinajstić information content (AvgIpc) is 3.03. The molecule has 1 heterocycles. The van der Waals surface area contributed by atoms with Crippen molar-refractivity contribution < 1.29 is 0 Å². The van der Waals surface area contributed by atoms with Gasteiger partial charge in [-0.3, -0.25) is 9.67 Å². The molecule has 0 aliphatic heterocycles. The maximum absolute atomic E-state index is 4.39. The molecule has 0 radical (unpaired) electrons. The minimum atomic E-state index is 0. The summed E-state index contributed by atoms with van der Waals surface area (Å²) in [5.41, 5.74) is 2.63. The van der Waals surface area contributed by atoms with E-state index in [1.54, 1.807) is 0 Å². The maximum atomic E-state index is 4.39. The summed E-state index contributed by atoms with van der Waals surface area (Å²) in [5.74, 6) is 1.39. The molecule has 1 aromatic carbocycles. The molecule has 0 spiro atoms. The molecule has 1 unspecified atom stereocenters. The van der Waals surface area contributed by atoms with Crippen LogP contribution in [0.4, 0.5) is 0 Å². The summed E-state index contributed by atoms with van der Waals surface area (Å²) >= 11 is 0. The van der Waals surface area contributed by atoms with E-state index in [0.717, 1.165) is 25.6 Å². The SMILES string of the molecule is CN=C(NCC(C)Cn1cccn1)N(C)Cc1ccccc1C.I. The van der Waals surface area contributed by atoms with Crippen LogP contribution >= 0.6 is 24.0 Å². The van der Waals surface area contributed by atoms with Crippen LogP contribution in [0.5, 0.6) is 0 Å². The number of rotatable bonds is 6.